The highest BCUT2D eigenvalue weighted by Gasteiger charge is 2.30. The molecule has 1 aliphatic heterocycles. The van der Waals surface area contributed by atoms with Gasteiger partial charge in [-0.2, -0.15) is 0 Å². The van der Waals surface area contributed by atoms with E-state index in [2.05, 4.69) is 0 Å². The minimum Gasteiger partial charge on any atom is -0.494 e. The maximum Gasteiger partial charge on any atom is 0.262 e. The van der Waals surface area contributed by atoms with Crippen molar-refractivity contribution in [1.82, 2.24) is 0 Å². The Bertz CT molecular complexity index is 1130. The number of amides is 1. The Hall–Kier alpha value is -3.37. The fourth-order valence-corrected chi connectivity index (χ4v) is 3.45. The predicted molar refractivity (Wildman–Crippen MR) is 119 cm³/mol. The smallest absolute Gasteiger partial charge is 0.262 e. The van der Waals surface area contributed by atoms with E-state index in [0.717, 1.165) is 16.9 Å². The Morgan fingerprint density at radius 3 is 2.43 bits per heavy atom. The molecule has 30 heavy (non-hydrogen) atoms. The molecule has 0 aliphatic carbocycles. The van der Waals surface area contributed by atoms with Crippen molar-refractivity contribution < 1.29 is 13.9 Å². The van der Waals surface area contributed by atoms with Crippen molar-refractivity contribution in [3.8, 4) is 5.75 Å². The van der Waals surface area contributed by atoms with Crippen LogP contribution in [0, 0.1) is 5.82 Å². The molecule has 3 aromatic carbocycles. The van der Waals surface area contributed by atoms with Crippen LogP contribution in [0.15, 0.2) is 84.4 Å². The van der Waals surface area contributed by atoms with E-state index in [9.17, 15) is 9.18 Å². The number of ether oxygens (including phenoxy) is 1. The van der Waals surface area contributed by atoms with Crippen LogP contribution in [0.1, 0.15) is 18.1 Å². The molecule has 1 amide bonds. The summed E-state index contributed by atoms with van der Waals surface area (Å²) in [7, 11) is 0. The molecule has 0 N–H and O–H groups in total. The van der Waals surface area contributed by atoms with Gasteiger partial charge in [0, 0.05) is 10.6 Å². The second-order valence-electron chi connectivity index (χ2n) is 6.76. The molecule has 3 nitrogen and oxygen atoms in total. The molecule has 0 saturated carbocycles. The van der Waals surface area contributed by atoms with Crippen LogP contribution in [0.3, 0.4) is 0 Å². The van der Waals surface area contributed by atoms with E-state index < -0.39 is 5.82 Å². The van der Waals surface area contributed by atoms with Crippen molar-refractivity contribution in [3.63, 3.8) is 0 Å². The van der Waals surface area contributed by atoms with Crippen molar-refractivity contribution in [3.05, 3.63) is 106 Å². The minimum absolute atomic E-state index is 0.223. The summed E-state index contributed by atoms with van der Waals surface area (Å²) in [4.78, 5) is 14.8. The van der Waals surface area contributed by atoms with Gasteiger partial charge in [-0.3, -0.25) is 9.69 Å². The van der Waals surface area contributed by atoms with Gasteiger partial charge in [-0.15, -0.1) is 0 Å². The van der Waals surface area contributed by atoms with Crippen molar-refractivity contribution in [2.75, 3.05) is 11.5 Å². The first-order valence-corrected chi connectivity index (χ1v) is 9.95. The monoisotopic (exact) mass is 419 g/mol. The lowest BCUT2D eigenvalue weighted by Crippen LogP contribution is -2.25. The van der Waals surface area contributed by atoms with Crippen molar-refractivity contribution >= 4 is 35.0 Å². The zero-order chi connectivity index (χ0) is 21.1. The summed E-state index contributed by atoms with van der Waals surface area (Å²) in [6, 6.07) is 20.7. The molecule has 3 aromatic rings. The van der Waals surface area contributed by atoms with E-state index in [-0.39, 0.29) is 5.91 Å². The molecule has 0 aromatic heterocycles. The van der Waals surface area contributed by atoms with Gasteiger partial charge in [0.25, 0.3) is 5.91 Å². The molecule has 0 radical (unpaired) electrons. The Labute approximate surface area is 179 Å². The van der Waals surface area contributed by atoms with Gasteiger partial charge in [0.1, 0.15) is 11.6 Å². The van der Waals surface area contributed by atoms with Crippen molar-refractivity contribution in [1.29, 1.82) is 0 Å². The number of benzene rings is 3. The highest BCUT2D eigenvalue weighted by atomic mass is 35.5. The van der Waals surface area contributed by atoms with E-state index >= 15 is 0 Å². The van der Waals surface area contributed by atoms with E-state index in [1.54, 1.807) is 24.3 Å². The third kappa shape index (κ3) is 4.14. The second-order valence-corrected chi connectivity index (χ2v) is 7.20. The standard InChI is InChI=1S/C25H19ClFNO2/c1-2-30-23-12-6-17(7-13-23)14-19-15-24(18-8-10-20(26)11-9-18)28(25(19)29)22-5-3-4-21(27)16-22/h3-16H,2H2,1H3/b19-14+. The van der Waals surface area contributed by atoms with Crippen LogP contribution in [-0.4, -0.2) is 12.5 Å². The molecule has 0 unspecified atom stereocenters. The molecular formula is C25H19ClFNO2. The summed E-state index contributed by atoms with van der Waals surface area (Å²) in [5, 5.41) is 0.603. The lowest BCUT2D eigenvalue weighted by molar-refractivity contribution is -0.113. The van der Waals surface area contributed by atoms with Crippen LogP contribution in [0.25, 0.3) is 11.8 Å². The summed E-state index contributed by atoms with van der Waals surface area (Å²) in [5.41, 5.74) is 3.32. The molecule has 0 saturated heterocycles. The molecule has 4 rings (SSSR count). The van der Waals surface area contributed by atoms with Gasteiger partial charge in [0.2, 0.25) is 0 Å². The Kier molecular flexibility index (Phi) is 5.68. The molecule has 0 spiro atoms. The third-order valence-electron chi connectivity index (χ3n) is 4.70. The zero-order valence-corrected chi connectivity index (χ0v) is 17.1. The van der Waals surface area contributed by atoms with Gasteiger partial charge in [-0.25, -0.2) is 4.39 Å². The number of anilines is 1. The maximum absolute atomic E-state index is 13.9. The molecule has 1 heterocycles. The molecular weight excluding hydrogens is 401 g/mol. The van der Waals surface area contributed by atoms with Crippen LogP contribution >= 0.6 is 11.6 Å². The minimum atomic E-state index is -0.403. The van der Waals surface area contributed by atoms with Crippen LogP contribution in [0.2, 0.25) is 5.02 Å². The summed E-state index contributed by atoms with van der Waals surface area (Å²) >= 11 is 6.02. The van der Waals surface area contributed by atoms with Gasteiger partial charge >= 0.3 is 0 Å². The normalized spacial score (nSPS) is 14.9. The lowest BCUT2D eigenvalue weighted by Gasteiger charge is -2.21. The van der Waals surface area contributed by atoms with E-state index in [1.807, 2.05) is 55.5 Å². The number of hydrogen-bond acceptors (Lipinski definition) is 2. The predicted octanol–water partition coefficient (Wildman–Crippen LogP) is 6.35. The summed E-state index contributed by atoms with van der Waals surface area (Å²) in [6.07, 6.45) is 3.63. The molecule has 1 aliphatic rings. The Balaban J connectivity index is 1.76. The van der Waals surface area contributed by atoms with Gasteiger partial charge in [0.05, 0.1) is 18.0 Å². The van der Waals surface area contributed by atoms with Crippen LogP contribution < -0.4 is 9.64 Å². The average molecular weight is 420 g/mol. The molecule has 150 valence electrons. The molecule has 5 heteroatoms. The summed E-state index contributed by atoms with van der Waals surface area (Å²) < 4.78 is 19.3. The first kappa shape index (κ1) is 19.9. The fourth-order valence-electron chi connectivity index (χ4n) is 3.33. The maximum atomic E-state index is 13.9. The third-order valence-corrected chi connectivity index (χ3v) is 4.95. The quantitative estimate of drug-likeness (QED) is 0.451. The van der Waals surface area contributed by atoms with Gasteiger partial charge in [0.15, 0.2) is 0 Å². The number of carbonyl (C=O) groups is 1. The SMILES string of the molecule is CCOc1ccc(/C=C2\C=C(c3ccc(Cl)cc3)N(c3cccc(F)c3)C2=O)cc1. The van der Waals surface area contributed by atoms with Gasteiger partial charge in [-0.05, 0) is 72.7 Å². The second kappa shape index (κ2) is 8.56. The van der Waals surface area contributed by atoms with Crippen molar-refractivity contribution in [2.24, 2.45) is 0 Å². The first-order chi connectivity index (χ1) is 14.5. The summed E-state index contributed by atoms with van der Waals surface area (Å²) in [5.74, 6) is 0.148. The van der Waals surface area contributed by atoms with E-state index in [4.69, 9.17) is 16.3 Å². The van der Waals surface area contributed by atoms with Crippen LogP contribution in [0.4, 0.5) is 10.1 Å². The van der Waals surface area contributed by atoms with E-state index in [1.165, 1.54) is 17.0 Å². The van der Waals surface area contributed by atoms with Crippen LogP contribution in [-0.2, 0) is 4.79 Å². The summed E-state index contributed by atoms with van der Waals surface area (Å²) in [6.45, 7) is 2.52. The fraction of sp³-hybridized carbons (Fsp3) is 0.0800. The largest absolute Gasteiger partial charge is 0.494 e. The molecule has 0 atom stereocenters. The van der Waals surface area contributed by atoms with Gasteiger partial charge in [-0.1, -0.05) is 41.9 Å². The number of nitrogens with zero attached hydrogens (tertiary/aromatic N) is 1. The number of hydrogen-bond donors (Lipinski definition) is 0. The number of carbonyl (C=O) groups excluding carboxylic acids is 1. The lowest BCUT2D eigenvalue weighted by atomic mass is 10.1. The number of rotatable bonds is 5. The van der Waals surface area contributed by atoms with Crippen LogP contribution in [0.5, 0.6) is 5.75 Å². The average Bonchev–Trinajstić information content (AvgIpc) is 3.06. The molecule has 0 bridgehead atoms. The first-order valence-electron chi connectivity index (χ1n) is 9.57. The van der Waals surface area contributed by atoms with Crippen molar-refractivity contribution in [2.45, 2.75) is 6.92 Å². The van der Waals surface area contributed by atoms with E-state index in [0.29, 0.717) is 28.6 Å². The highest BCUT2D eigenvalue weighted by Crippen LogP contribution is 2.36. The Morgan fingerprint density at radius 1 is 1.03 bits per heavy atom. The Morgan fingerprint density at radius 2 is 1.77 bits per heavy atom. The number of halogens is 2. The topological polar surface area (TPSA) is 29.5 Å². The van der Waals surface area contributed by atoms with Gasteiger partial charge < -0.3 is 4.74 Å². The molecule has 0 fully saturated rings. The zero-order valence-electron chi connectivity index (χ0n) is 16.3. The highest BCUT2D eigenvalue weighted by molar-refractivity contribution is 6.30.